The standard InChI is InChI=1S/C25H19NO9/c1-26(11-20(29)30)22(23(31)32)14-3-2-4-17-21(14)24(33)35-25(17)15-7-5-12(27)9-18(15)34-19-10-13(28)6-8-16(19)25/h2-10,22,27-28H,11H2,1H3,(H,29,30)(H,31,32). The number of carbonyl (C=O) groups is 3. The zero-order valence-corrected chi connectivity index (χ0v) is 18.3. The van der Waals surface area contributed by atoms with Gasteiger partial charge in [0.2, 0.25) is 0 Å². The number of hydrogen-bond donors (Lipinski definition) is 4. The fraction of sp³-hybridized carbons (Fsp3) is 0.160. The average molecular weight is 477 g/mol. The molecule has 0 aliphatic carbocycles. The minimum absolute atomic E-state index is 0.00270. The van der Waals surface area contributed by atoms with Crippen LogP contribution in [-0.4, -0.2) is 56.8 Å². The first-order valence-corrected chi connectivity index (χ1v) is 10.5. The van der Waals surface area contributed by atoms with Crippen LogP contribution in [0, 0.1) is 0 Å². The van der Waals surface area contributed by atoms with E-state index in [1.54, 1.807) is 24.3 Å². The molecule has 1 unspecified atom stereocenters. The number of ether oxygens (including phenoxy) is 2. The van der Waals surface area contributed by atoms with E-state index in [-0.39, 0.29) is 34.1 Å². The van der Waals surface area contributed by atoms with E-state index in [0.717, 1.165) is 4.90 Å². The number of rotatable bonds is 5. The molecule has 1 atom stereocenters. The highest BCUT2D eigenvalue weighted by atomic mass is 16.6. The first-order chi connectivity index (χ1) is 16.6. The molecule has 1 spiro atoms. The van der Waals surface area contributed by atoms with Crippen LogP contribution in [0.3, 0.4) is 0 Å². The fourth-order valence-corrected chi connectivity index (χ4v) is 4.86. The summed E-state index contributed by atoms with van der Waals surface area (Å²) in [6, 6.07) is 11.8. The summed E-state index contributed by atoms with van der Waals surface area (Å²) < 4.78 is 11.9. The van der Waals surface area contributed by atoms with Crippen LogP contribution in [0.25, 0.3) is 0 Å². The summed E-state index contributed by atoms with van der Waals surface area (Å²) in [6.45, 7) is -0.571. The minimum Gasteiger partial charge on any atom is -0.508 e. The van der Waals surface area contributed by atoms with Crippen molar-refractivity contribution in [2.45, 2.75) is 11.6 Å². The number of carboxylic acids is 2. The molecule has 0 radical (unpaired) electrons. The highest BCUT2D eigenvalue weighted by Crippen LogP contribution is 2.57. The Kier molecular flexibility index (Phi) is 4.92. The summed E-state index contributed by atoms with van der Waals surface area (Å²) >= 11 is 0. The SMILES string of the molecule is CN(CC(=O)O)C(C(=O)O)c1cccc2c1C(=O)OC21c2ccc(O)cc2Oc2cc(O)ccc21. The van der Waals surface area contributed by atoms with Gasteiger partial charge in [-0.25, -0.2) is 4.79 Å². The van der Waals surface area contributed by atoms with Crippen molar-refractivity contribution in [1.82, 2.24) is 4.90 Å². The Balaban J connectivity index is 1.80. The van der Waals surface area contributed by atoms with Gasteiger partial charge in [-0.15, -0.1) is 0 Å². The fourth-order valence-electron chi connectivity index (χ4n) is 4.86. The molecule has 2 aliphatic heterocycles. The lowest BCUT2D eigenvalue weighted by atomic mass is 9.76. The maximum atomic E-state index is 13.4. The molecule has 0 saturated heterocycles. The largest absolute Gasteiger partial charge is 0.508 e. The second-order valence-electron chi connectivity index (χ2n) is 8.35. The molecular weight excluding hydrogens is 458 g/mol. The molecule has 0 amide bonds. The van der Waals surface area contributed by atoms with E-state index in [1.165, 1.54) is 37.4 Å². The van der Waals surface area contributed by atoms with E-state index in [9.17, 15) is 34.8 Å². The number of phenols is 2. The van der Waals surface area contributed by atoms with Gasteiger partial charge in [-0.1, -0.05) is 18.2 Å². The van der Waals surface area contributed by atoms with Crippen LogP contribution >= 0.6 is 0 Å². The van der Waals surface area contributed by atoms with Crippen LogP contribution < -0.4 is 4.74 Å². The van der Waals surface area contributed by atoms with Crippen molar-refractivity contribution in [2.75, 3.05) is 13.6 Å². The summed E-state index contributed by atoms with van der Waals surface area (Å²) in [5.41, 5.74) is -0.365. The maximum absolute atomic E-state index is 13.4. The van der Waals surface area contributed by atoms with Crippen LogP contribution in [0.4, 0.5) is 0 Å². The third-order valence-electron chi connectivity index (χ3n) is 6.19. The Labute approximate surface area is 198 Å². The Hall–Kier alpha value is -4.57. The second-order valence-corrected chi connectivity index (χ2v) is 8.35. The van der Waals surface area contributed by atoms with Gasteiger partial charge in [0.1, 0.15) is 29.0 Å². The summed E-state index contributed by atoms with van der Waals surface area (Å²) in [4.78, 5) is 38.0. The van der Waals surface area contributed by atoms with Crippen molar-refractivity contribution >= 4 is 17.9 Å². The van der Waals surface area contributed by atoms with Gasteiger partial charge in [-0.3, -0.25) is 14.5 Å². The monoisotopic (exact) mass is 477 g/mol. The number of carboxylic acid groups (broad SMARTS) is 2. The molecule has 5 rings (SSSR count). The highest BCUT2D eigenvalue weighted by molar-refractivity contribution is 6.00. The Morgan fingerprint density at radius 1 is 0.943 bits per heavy atom. The number of aliphatic carboxylic acids is 2. The molecule has 35 heavy (non-hydrogen) atoms. The van der Waals surface area contributed by atoms with Crippen LogP contribution in [-0.2, 0) is 19.9 Å². The number of carbonyl (C=O) groups excluding carboxylic acids is 1. The smallest absolute Gasteiger partial charge is 0.340 e. The van der Waals surface area contributed by atoms with Gasteiger partial charge in [0.25, 0.3) is 0 Å². The van der Waals surface area contributed by atoms with Crippen molar-refractivity contribution in [3.63, 3.8) is 0 Å². The summed E-state index contributed by atoms with van der Waals surface area (Å²) in [6.07, 6.45) is 0. The van der Waals surface area contributed by atoms with Crippen LogP contribution in [0.1, 0.15) is 38.7 Å². The van der Waals surface area contributed by atoms with Gasteiger partial charge >= 0.3 is 17.9 Å². The number of benzene rings is 3. The van der Waals surface area contributed by atoms with Gasteiger partial charge in [0, 0.05) is 28.8 Å². The minimum atomic E-state index is -1.55. The van der Waals surface area contributed by atoms with Crippen molar-refractivity contribution in [2.24, 2.45) is 0 Å². The molecule has 10 nitrogen and oxygen atoms in total. The molecule has 0 fully saturated rings. The van der Waals surface area contributed by atoms with Gasteiger partial charge < -0.3 is 29.9 Å². The molecule has 2 aliphatic rings. The number of nitrogens with zero attached hydrogens (tertiary/aromatic N) is 1. The lowest BCUT2D eigenvalue weighted by molar-refractivity contribution is -0.145. The summed E-state index contributed by atoms with van der Waals surface area (Å²) in [5.74, 6) is -3.18. The molecule has 0 saturated carbocycles. The number of phenolic OH excluding ortho intramolecular Hbond substituents is 2. The molecule has 0 bridgehead atoms. The van der Waals surface area contributed by atoms with Gasteiger partial charge in [0.05, 0.1) is 12.1 Å². The van der Waals surface area contributed by atoms with E-state index in [0.29, 0.717) is 16.7 Å². The average Bonchev–Trinajstić information content (AvgIpc) is 3.06. The van der Waals surface area contributed by atoms with E-state index in [4.69, 9.17) is 9.47 Å². The van der Waals surface area contributed by atoms with Crippen molar-refractivity contribution < 1.29 is 44.3 Å². The molecule has 4 N–H and O–H groups in total. The summed E-state index contributed by atoms with van der Waals surface area (Å²) in [5, 5.41) is 39.2. The van der Waals surface area contributed by atoms with Gasteiger partial charge in [0.15, 0.2) is 5.60 Å². The molecule has 10 heteroatoms. The maximum Gasteiger partial charge on any atom is 0.340 e. The predicted octanol–water partition coefficient (Wildman–Crippen LogP) is 2.81. The van der Waals surface area contributed by atoms with Crippen molar-refractivity contribution in [3.8, 4) is 23.0 Å². The Bertz CT molecular complexity index is 1360. The van der Waals surface area contributed by atoms with Gasteiger partial charge in [-0.2, -0.15) is 0 Å². The summed E-state index contributed by atoms with van der Waals surface area (Å²) in [7, 11) is 1.34. The predicted molar refractivity (Wildman–Crippen MR) is 119 cm³/mol. The number of hydrogen-bond acceptors (Lipinski definition) is 8. The molecule has 3 aromatic rings. The topological polar surface area (TPSA) is 154 Å². The lowest BCUT2D eigenvalue weighted by Crippen LogP contribution is -2.35. The van der Waals surface area contributed by atoms with Crippen molar-refractivity contribution in [3.05, 3.63) is 82.4 Å². The highest BCUT2D eigenvalue weighted by Gasteiger charge is 2.55. The number of esters is 1. The van der Waals surface area contributed by atoms with Crippen molar-refractivity contribution in [1.29, 1.82) is 0 Å². The van der Waals surface area contributed by atoms with E-state index < -0.39 is 36.1 Å². The van der Waals surface area contributed by atoms with Crippen LogP contribution in [0.15, 0.2) is 54.6 Å². The van der Waals surface area contributed by atoms with Crippen LogP contribution in [0.2, 0.25) is 0 Å². The molecule has 3 aromatic carbocycles. The molecular formula is C25H19NO9. The number of aromatic hydroxyl groups is 2. The van der Waals surface area contributed by atoms with E-state index >= 15 is 0 Å². The number of fused-ring (bicyclic) bond motifs is 6. The van der Waals surface area contributed by atoms with E-state index in [2.05, 4.69) is 0 Å². The Morgan fingerprint density at radius 2 is 1.54 bits per heavy atom. The lowest BCUT2D eigenvalue weighted by Gasteiger charge is -2.36. The number of likely N-dealkylation sites (N-methyl/N-ethyl adjacent to an activating group) is 1. The normalized spacial score (nSPS) is 15.5. The third-order valence-corrected chi connectivity index (χ3v) is 6.19. The quantitative estimate of drug-likeness (QED) is 0.403. The molecule has 178 valence electrons. The zero-order valence-electron chi connectivity index (χ0n) is 18.3. The van der Waals surface area contributed by atoms with E-state index in [1.807, 2.05) is 0 Å². The Morgan fingerprint density at radius 3 is 2.09 bits per heavy atom. The second kappa shape index (κ2) is 7.74. The van der Waals surface area contributed by atoms with Crippen LogP contribution in [0.5, 0.6) is 23.0 Å². The first kappa shape index (κ1) is 22.2. The zero-order chi connectivity index (χ0) is 25.1. The molecule has 0 aromatic heterocycles. The molecule has 2 heterocycles. The van der Waals surface area contributed by atoms with Gasteiger partial charge in [-0.05, 0) is 36.9 Å². The third kappa shape index (κ3) is 3.26. The first-order valence-electron chi connectivity index (χ1n) is 10.5.